The average molecular weight is 547 g/mol. The molecule has 1 aliphatic carbocycles. The molecule has 9 nitrogen and oxygen atoms in total. The molecule has 0 radical (unpaired) electrons. The fourth-order valence-corrected chi connectivity index (χ4v) is 5.42. The van der Waals surface area contributed by atoms with Crippen LogP contribution < -0.4 is 15.4 Å². The number of fused-ring (bicyclic) bond motifs is 1. The number of likely N-dealkylation sites (N-methyl/N-ethyl adjacent to an activating group) is 1. The number of nitrogens with zero attached hydrogens (tertiary/aromatic N) is 2. The monoisotopic (exact) mass is 546 g/mol. The second-order valence-corrected chi connectivity index (χ2v) is 11.7. The van der Waals surface area contributed by atoms with Crippen LogP contribution in [0.4, 0.5) is 10.5 Å². The lowest BCUT2D eigenvalue weighted by atomic mass is 9.96. The molecule has 39 heavy (non-hydrogen) atoms. The molecule has 0 unspecified atom stereocenters. The van der Waals surface area contributed by atoms with E-state index < -0.39 is 6.04 Å². The molecule has 0 spiro atoms. The zero-order valence-electron chi connectivity index (χ0n) is 24.6. The lowest BCUT2D eigenvalue weighted by molar-refractivity contribution is -0.0137. The first-order valence-corrected chi connectivity index (χ1v) is 14.7. The highest BCUT2D eigenvalue weighted by molar-refractivity contribution is 5.99. The van der Waals surface area contributed by atoms with Crippen molar-refractivity contribution in [2.24, 2.45) is 5.92 Å². The van der Waals surface area contributed by atoms with Crippen LogP contribution in [0.25, 0.3) is 0 Å². The molecule has 0 saturated heterocycles. The molecule has 4 atom stereocenters. The molecule has 1 fully saturated rings. The first-order chi connectivity index (χ1) is 18.7. The van der Waals surface area contributed by atoms with Crippen LogP contribution in [-0.4, -0.2) is 91.5 Å². The van der Waals surface area contributed by atoms with Gasteiger partial charge < -0.3 is 35.0 Å². The van der Waals surface area contributed by atoms with Crippen molar-refractivity contribution in [1.29, 1.82) is 0 Å². The Morgan fingerprint density at radius 3 is 2.54 bits per heavy atom. The van der Waals surface area contributed by atoms with Gasteiger partial charge in [0, 0.05) is 37.3 Å². The molecule has 1 aliphatic heterocycles. The number of ether oxygens (including phenoxy) is 2. The summed E-state index contributed by atoms with van der Waals surface area (Å²) in [5.41, 5.74) is 0.915. The minimum absolute atomic E-state index is 0.0409. The van der Waals surface area contributed by atoms with Crippen LogP contribution in [0.1, 0.15) is 82.5 Å². The number of rotatable bonds is 6. The minimum Gasteiger partial charge on any atom is -0.490 e. The number of benzene rings is 1. The highest BCUT2D eigenvalue weighted by Gasteiger charge is 2.30. The van der Waals surface area contributed by atoms with Crippen molar-refractivity contribution in [2.75, 3.05) is 45.7 Å². The van der Waals surface area contributed by atoms with Gasteiger partial charge in [0.2, 0.25) is 0 Å². The summed E-state index contributed by atoms with van der Waals surface area (Å²) in [6.45, 7) is 7.62. The molecule has 1 saturated carbocycles. The molecule has 0 aromatic heterocycles. The number of nitrogens with one attached hydrogen (secondary N) is 2. The van der Waals surface area contributed by atoms with Gasteiger partial charge in [-0.2, -0.15) is 0 Å². The number of aliphatic hydroxyl groups is 1. The molecule has 1 aromatic carbocycles. The summed E-state index contributed by atoms with van der Waals surface area (Å²) in [4.78, 5) is 30.7. The number of hydrogen-bond acceptors (Lipinski definition) is 6. The molecule has 9 heteroatoms. The Labute approximate surface area is 234 Å². The van der Waals surface area contributed by atoms with Crippen molar-refractivity contribution < 1.29 is 24.2 Å². The summed E-state index contributed by atoms with van der Waals surface area (Å²) in [5, 5.41) is 16.1. The smallest absolute Gasteiger partial charge is 0.319 e. The molecule has 2 aliphatic rings. The van der Waals surface area contributed by atoms with Crippen LogP contribution in [-0.2, 0) is 4.74 Å². The van der Waals surface area contributed by atoms with Gasteiger partial charge in [0.25, 0.3) is 5.91 Å². The van der Waals surface area contributed by atoms with E-state index in [1.165, 1.54) is 6.42 Å². The van der Waals surface area contributed by atoms with Gasteiger partial charge in [-0.05, 0) is 78.2 Å². The predicted molar refractivity (Wildman–Crippen MR) is 154 cm³/mol. The molecule has 1 aromatic rings. The maximum Gasteiger partial charge on any atom is 0.319 e. The summed E-state index contributed by atoms with van der Waals surface area (Å²) in [6, 6.07) is 4.78. The van der Waals surface area contributed by atoms with Crippen molar-refractivity contribution in [3.8, 4) is 5.75 Å². The fourth-order valence-electron chi connectivity index (χ4n) is 5.42. The molecule has 1 heterocycles. The topological polar surface area (TPSA) is 103 Å². The third kappa shape index (κ3) is 9.65. The first-order valence-electron chi connectivity index (χ1n) is 14.7. The van der Waals surface area contributed by atoms with Crippen LogP contribution >= 0.6 is 0 Å². The lowest BCUT2D eigenvalue weighted by Gasteiger charge is -2.35. The first kappa shape index (κ1) is 31.2. The van der Waals surface area contributed by atoms with Crippen molar-refractivity contribution >= 4 is 17.6 Å². The standard InChI is InChI=1S/C30H50N4O5/c1-21-18-34(22(2)20-35)29(36)26-17-25(32-30(37)31-24-12-7-6-8-13-24)14-15-27(26)39-23(3)11-9-10-16-38-28(21)19-33(4)5/h14-15,17,21-24,28,35H,6-13,16,18-20H2,1-5H3,(H2,31,32,37)/t21-,22+,23+,28+/m1/s1. The average Bonchev–Trinajstić information content (AvgIpc) is 2.90. The van der Waals surface area contributed by atoms with Crippen molar-refractivity contribution in [1.82, 2.24) is 15.1 Å². The maximum atomic E-state index is 14.1. The van der Waals surface area contributed by atoms with E-state index in [0.29, 0.717) is 30.2 Å². The second kappa shape index (κ2) is 15.4. The number of carbonyl (C=O) groups excluding carboxylic acids is 2. The molecule has 3 rings (SSSR count). The third-order valence-corrected chi connectivity index (χ3v) is 7.79. The summed E-state index contributed by atoms with van der Waals surface area (Å²) in [5.74, 6) is 0.299. The Hall–Kier alpha value is -2.36. The second-order valence-electron chi connectivity index (χ2n) is 11.7. The molecule has 0 bridgehead atoms. The maximum absolute atomic E-state index is 14.1. The zero-order valence-corrected chi connectivity index (χ0v) is 24.6. The van der Waals surface area contributed by atoms with Gasteiger partial charge in [0.1, 0.15) is 5.75 Å². The highest BCUT2D eigenvalue weighted by Crippen LogP contribution is 2.28. The van der Waals surface area contributed by atoms with Crippen LogP contribution in [0.3, 0.4) is 0 Å². The van der Waals surface area contributed by atoms with Crippen molar-refractivity contribution in [2.45, 2.75) is 96.4 Å². The van der Waals surface area contributed by atoms with Crippen LogP contribution in [0.2, 0.25) is 0 Å². The summed E-state index contributed by atoms with van der Waals surface area (Å²) >= 11 is 0. The molecular weight excluding hydrogens is 496 g/mol. The lowest BCUT2D eigenvalue weighted by Crippen LogP contribution is -2.47. The third-order valence-electron chi connectivity index (χ3n) is 7.79. The van der Waals surface area contributed by atoms with E-state index in [0.717, 1.165) is 51.5 Å². The molecule has 220 valence electrons. The Balaban J connectivity index is 1.90. The van der Waals surface area contributed by atoms with Gasteiger partial charge in [-0.3, -0.25) is 4.79 Å². The quantitative estimate of drug-likeness (QED) is 0.486. The van der Waals surface area contributed by atoms with E-state index in [1.54, 1.807) is 23.1 Å². The SMILES string of the molecule is C[C@@H]1CN([C@@H](C)CO)C(=O)c2cc(NC(=O)NC3CCCCC3)ccc2O[C@@H](C)CCCCO[C@H]1CN(C)C. The summed E-state index contributed by atoms with van der Waals surface area (Å²) in [7, 11) is 4.05. The molecule has 3 amide bonds. The van der Waals surface area contributed by atoms with E-state index in [4.69, 9.17) is 9.47 Å². The van der Waals surface area contributed by atoms with Gasteiger partial charge in [0.05, 0.1) is 30.4 Å². The van der Waals surface area contributed by atoms with Crippen molar-refractivity contribution in [3.05, 3.63) is 23.8 Å². The number of carbonyl (C=O) groups is 2. The van der Waals surface area contributed by atoms with Gasteiger partial charge in [-0.1, -0.05) is 26.2 Å². The Kier molecular flexibility index (Phi) is 12.3. The van der Waals surface area contributed by atoms with Crippen LogP contribution in [0, 0.1) is 5.92 Å². The Bertz CT molecular complexity index is 921. The van der Waals surface area contributed by atoms with E-state index in [-0.39, 0.29) is 42.7 Å². The van der Waals surface area contributed by atoms with Gasteiger partial charge >= 0.3 is 6.03 Å². The zero-order chi connectivity index (χ0) is 28.4. The van der Waals surface area contributed by atoms with E-state index >= 15 is 0 Å². The van der Waals surface area contributed by atoms with E-state index in [9.17, 15) is 14.7 Å². The fraction of sp³-hybridized carbons (Fsp3) is 0.733. The highest BCUT2D eigenvalue weighted by atomic mass is 16.5. The number of anilines is 1. The summed E-state index contributed by atoms with van der Waals surface area (Å²) < 4.78 is 12.6. The molecule has 3 N–H and O–H groups in total. The van der Waals surface area contributed by atoms with E-state index in [1.807, 2.05) is 27.9 Å². The van der Waals surface area contributed by atoms with Gasteiger partial charge in [-0.15, -0.1) is 0 Å². The van der Waals surface area contributed by atoms with E-state index in [2.05, 4.69) is 22.5 Å². The Morgan fingerprint density at radius 2 is 1.85 bits per heavy atom. The van der Waals surface area contributed by atoms with Crippen molar-refractivity contribution in [3.63, 3.8) is 0 Å². The van der Waals surface area contributed by atoms with Gasteiger partial charge in [-0.25, -0.2) is 4.79 Å². The minimum atomic E-state index is -0.399. The number of hydrogen-bond donors (Lipinski definition) is 3. The van der Waals surface area contributed by atoms with Crippen LogP contribution in [0.15, 0.2) is 18.2 Å². The summed E-state index contributed by atoms with van der Waals surface area (Å²) in [6.07, 6.45) is 8.06. The molecular formula is C30H50N4O5. The number of amides is 3. The number of aliphatic hydroxyl groups excluding tert-OH is 1. The normalized spacial score (nSPS) is 24.8. The predicted octanol–water partition coefficient (Wildman–Crippen LogP) is 4.50. The largest absolute Gasteiger partial charge is 0.490 e. The Morgan fingerprint density at radius 1 is 1.13 bits per heavy atom. The van der Waals surface area contributed by atoms with Crippen LogP contribution in [0.5, 0.6) is 5.75 Å². The van der Waals surface area contributed by atoms with Gasteiger partial charge in [0.15, 0.2) is 0 Å². The number of urea groups is 1.